The highest BCUT2D eigenvalue weighted by atomic mass is 19.1. The fraction of sp³-hybridized carbons (Fsp3) is 0.483. The van der Waals surface area contributed by atoms with Gasteiger partial charge in [0.2, 0.25) is 0 Å². The third-order valence-corrected chi connectivity index (χ3v) is 5.19. The van der Waals surface area contributed by atoms with E-state index in [2.05, 4.69) is 6.92 Å². The van der Waals surface area contributed by atoms with Gasteiger partial charge < -0.3 is 33.2 Å². The van der Waals surface area contributed by atoms with Crippen LogP contribution in [0.2, 0.25) is 0 Å². The molecule has 0 unspecified atom stereocenters. The maximum absolute atomic E-state index is 14.4. The number of benzene rings is 2. The third kappa shape index (κ3) is 12.4. The minimum Gasteiger partial charge on any atom is -0.490 e. The number of rotatable bonds is 20. The molecule has 0 heterocycles. The Balaban J connectivity index is 1.92. The number of hydrogen-bond donors (Lipinski definition) is 0. The molecule has 38 heavy (non-hydrogen) atoms. The van der Waals surface area contributed by atoms with Crippen LogP contribution in [0.4, 0.5) is 4.39 Å². The largest absolute Gasteiger partial charge is 0.490 e. The highest BCUT2D eigenvalue weighted by molar-refractivity contribution is 5.87. The number of carbonyl (C=O) groups is 1. The molecule has 2 aromatic carbocycles. The summed E-state index contributed by atoms with van der Waals surface area (Å²) in [6.45, 7) is 6.75. The van der Waals surface area contributed by atoms with Crippen LogP contribution in [0.5, 0.6) is 17.2 Å². The maximum atomic E-state index is 14.4. The first-order chi connectivity index (χ1) is 18.6. The van der Waals surface area contributed by atoms with E-state index in [1.807, 2.05) is 19.1 Å². The first-order valence-electron chi connectivity index (χ1n) is 12.9. The summed E-state index contributed by atoms with van der Waals surface area (Å²) in [4.78, 5) is 11.9. The van der Waals surface area contributed by atoms with Crippen molar-refractivity contribution in [2.75, 3.05) is 60.2 Å². The number of halogens is 1. The minimum atomic E-state index is -0.464. The zero-order chi connectivity index (χ0) is 27.4. The summed E-state index contributed by atoms with van der Waals surface area (Å²) >= 11 is 0. The molecule has 9 heteroatoms. The number of carbonyl (C=O) groups excluding carboxylic acids is 1. The van der Waals surface area contributed by atoms with E-state index >= 15 is 0 Å². The van der Waals surface area contributed by atoms with Crippen molar-refractivity contribution in [3.05, 3.63) is 59.4 Å². The monoisotopic (exact) mass is 534 g/mol. The lowest BCUT2D eigenvalue weighted by Gasteiger charge is -2.14. The van der Waals surface area contributed by atoms with Crippen LogP contribution in [-0.2, 0) is 30.2 Å². The van der Waals surface area contributed by atoms with Gasteiger partial charge in [0, 0.05) is 26.2 Å². The maximum Gasteiger partial charge on any atom is 0.330 e. The normalized spacial score (nSPS) is 11.1. The zero-order valence-electron chi connectivity index (χ0n) is 22.5. The van der Waals surface area contributed by atoms with Crippen LogP contribution in [0.3, 0.4) is 0 Å². The lowest BCUT2D eigenvalue weighted by Crippen LogP contribution is -2.09. The molecule has 0 spiro atoms. The molecular weight excluding hydrogens is 495 g/mol. The smallest absolute Gasteiger partial charge is 0.330 e. The number of unbranched alkanes of at least 4 members (excludes halogenated alkanes) is 1. The molecule has 0 atom stereocenters. The molecule has 0 saturated heterocycles. The Morgan fingerprint density at radius 3 is 2.39 bits per heavy atom. The average molecular weight is 535 g/mol. The molecule has 0 bridgehead atoms. The van der Waals surface area contributed by atoms with Crippen molar-refractivity contribution in [2.45, 2.75) is 33.1 Å². The summed E-state index contributed by atoms with van der Waals surface area (Å²) in [6.07, 6.45) is 5.41. The second kappa shape index (κ2) is 19.0. The molecule has 210 valence electrons. The minimum absolute atomic E-state index is 0.0518. The Bertz CT molecular complexity index is 979. The predicted octanol–water partition coefficient (Wildman–Crippen LogP) is 5.22. The Kier molecular flexibility index (Phi) is 15.5. The van der Waals surface area contributed by atoms with Gasteiger partial charge in [-0.15, -0.1) is 0 Å². The summed E-state index contributed by atoms with van der Waals surface area (Å²) in [5.41, 5.74) is 1.54. The Hall–Kier alpha value is -3.14. The van der Waals surface area contributed by atoms with E-state index in [1.54, 1.807) is 31.4 Å². The molecule has 0 aliphatic carbocycles. The summed E-state index contributed by atoms with van der Waals surface area (Å²) in [7, 11) is 1.58. The van der Waals surface area contributed by atoms with Gasteiger partial charge >= 0.3 is 5.97 Å². The average Bonchev–Trinajstić information content (AvgIpc) is 2.92. The van der Waals surface area contributed by atoms with Crippen molar-refractivity contribution in [1.82, 2.24) is 0 Å². The van der Waals surface area contributed by atoms with E-state index in [9.17, 15) is 9.18 Å². The Morgan fingerprint density at radius 1 is 0.842 bits per heavy atom. The number of hydrogen-bond acceptors (Lipinski definition) is 8. The summed E-state index contributed by atoms with van der Waals surface area (Å²) < 4.78 is 51.9. The lowest BCUT2D eigenvalue weighted by molar-refractivity contribution is -0.139. The highest BCUT2D eigenvalue weighted by Gasteiger charge is 2.09. The van der Waals surface area contributed by atoms with Crippen LogP contribution in [0.25, 0.3) is 6.08 Å². The first-order valence-corrected chi connectivity index (χ1v) is 12.9. The summed E-state index contributed by atoms with van der Waals surface area (Å²) in [5.74, 6) is 0.371. The number of methoxy groups -OCH3 is 1. The topological polar surface area (TPSA) is 81.7 Å². The molecule has 8 nitrogen and oxygen atoms in total. The van der Waals surface area contributed by atoms with Gasteiger partial charge in [0.25, 0.3) is 0 Å². The second-order valence-electron chi connectivity index (χ2n) is 8.13. The van der Waals surface area contributed by atoms with Crippen molar-refractivity contribution in [3.8, 4) is 17.2 Å². The summed E-state index contributed by atoms with van der Waals surface area (Å²) in [6, 6.07) is 10.2. The van der Waals surface area contributed by atoms with Gasteiger partial charge in [-0.1, -0.05) is 25.5 Å². The molecule has 0 fully saturated rings. The summed E-state index contributed by atoms with van der Waals surface area (Å²) in [5, 5.41) is 0. The van der Waals surface area contributed by atoms with Gasteiger partial charge in [-0.3, -0.25) is 0 Å². The lowest BCUT2D eigenvalue weighted by atomic mass is 10.1. The Morgan fingerprint density at radius 2 is 1.63 bits per heavy atom. The molecule has 2 rings (SSSR count). The van der Waals surface area contributed by atoms with E-state index in [0.29, 0.717) is 57.6 Å². The van der Waals surface area contributed by atoms with Gasteiger partial charge in [-0.05, 0) is 54.8 Å². The predicted molar refractivity (Wildman–Crippen MR) is 142 cm³/mol. The Labute approximate surface area is 224 Å². The van der Waals surface area contributed by atoms with Crippen LogP contribution in [-0.4, -0.2) is 66.1 Å². The van der Waals surface area contributed by atoms with Crippen LogP contribution in [0, 0.1) is 5.82 Å². The van der Waals surface area contributed by atoms with E-state index in [-0.39, 0.29) is 19.1 Å². The molecule has 0 radical (unpaired) electrons. The van der Waals surface area contributed by atoms with E-state index in [1.165, 1.54) is 12.1 Å². The van der Waals surface area contributed by atoms with Crippen LogP contribution >= 0.6 is 0 Å². The highest BCUT2D eigenvalue weighted by Crippen LogP contribution is 2.30. The number of esters is 1. The molecule has 0 aromatic heterocycles. The van der Waals surface area contributed by atoms with Crippen LogP contribution < -0.4 is 14.2 Å². The van der Waals surface area contributed by atoms with Crippen LogP contribution in [0.15, 0.2) is 42.5 Å². The molecular formula is C29H39FO8. The van der Waals surface area contributed by atoms with Gasteiger partial charge in [-0.25, -0.2) is 9.18 Å². The molecule has 0 saturated carbocycles. The SMILES string of the molecule is CCCCOc1cc(/C=C\C(=O)OCCOCC)ccc1OCCc1ccc(OCOCCOC)c(F)c1. The third-order valence-electron chi connectivity index (χ3n) is 5.19. The number of ether oxygens (including phenoxy) is 7. The fourth-order valence-electron chi connectivity index (χ4n) is 3.15. The van der Waals surface area contributed by atoms with Crippen molar-refractivity contribution >= 4 is 12.0 Å². The second-order valence-corrected chi connectivity index (χ2v) is 8.13. The quantitative estimate of drug-likeness (QED) is 0.0990. The van der Waals surface area contributed by atoms with Crippen molar-refractivity contribution in [1.29, 1.82) is 0 Å². The van der Waals surface area contributed by atoms with Crippen molar-refractivity contribution in [2.24, 2.45) is 0 Å². The van der Waals surface area contributed by atoms with Gasteiger partial charge in [0.05, 0.1) is 33.0 Å². The zero-order valence-corrected chi connectivity index (χ0v) is 22.5. The van der Waals surface area contributed by atoms with Crippen molar-refractivity contribution in [3.63, 3.8) is 0 Å². The first kappa shape index (κ1) is 31.1. The van der Waals surface area contributed by atoms with Crippen LogP contribution in [0.1, 0.15) is 37.8 Å². The molecule has 0 aliphatic rings. The van der Waals surface area contributed by atoms with E-state index in [4.69, 9.17) is 33.2 Å². The van der Waals surface area contributed by atoms with Gasteiger partial charge in [0.1, 0.15) is 6.61 Å². The van der Waals surface area contributed by atoms with E-state index in [0.717, 1.165) is 24.0 Å². The van der Waals surface area contributed by atoms with E-state index < -0.39 is 11.8 Å². The molecule has 0 amide bonds. The standard InChI is InChI=1S/C29H39FO8/c1-4-6-14-35-28-21-23(9-12-29(31)37-19-18-33-5-2)8-11-27(28)36-15-13-24-7-10-26(25(30)20-24)38-22-34-17-16-32-3/h7-12,20-21H,4-6,13-19,22H2,1-3H3/b12-9-. The molecule has 0 aliphatic heterocycles. The molecule has 0 N–H and O–H groups in total. The fourth-order valence-corrected chi connectivity index (χ4v) is 3.15. The van der Waals surface area contributed by atoms with Gasteiger partial charge in [0.15, 0.2) is 29.9 Å². The van der Waals surface area contributed by atoms with Crippen molar-refractivity contribution < 1.29 is 42.3 Å². The molecule has 2 aromatic rings. The van der Waals surface area contributed by atoms with Gasteiger partial charge in [-0.2, -0.15) is 0 Å².